The zero-order valence-electron chi connectivity index (χ0n) is 10.1. The maximum Gasteiger partial charge on any atom is 0.320 e. The van der Waals surface area contributed by atoms with Crippen LogP contribution >= 0.6 is 15.9 Å². The van der Waals surface area contributed by atoms with Crippen LogP contribution in [0.15, 0.2) is 0 Å². The Morgan fingerprint density at radius 3 is 2.38 bits per heavy atom. The van der Waals surface area contributed by atoms with Crippen LogP contribution in [0.25, 0.3) is 0 Å². The highest BCUT2D eigenvalue weighted by Gasteiger charge is 2.22. The number of carbonyl (C=O) groups is 1. The van der Waals surface area contributed by atoms with Gasteiger partial charge in [-0.1, -0.05) is 22.9 Å². The third-order valence-electron chi connectivity index (χ3n) is 2.88. The molecule has 0 aromatic rings. The Bertz CT molecular complexity index is 218. The monoisotopic (exact) mass is 292 g/mol. The number of esters is 1. The number of carbonyl (C=O) groups excluding carboxylic acids is 1. The van der Waals surface area contributed by atoms with E-state index in [1.54, 1.807) is 0 Å². The van der Waals surface area contributed by atoms with Gasteiger partial charge >= 0.3 is 5.97 Å². The number of methoxy groups -OCH3 is 1. The summed E-state index contributed by atoms with van der Waals surface area (Å²) in [5.41, 5.74) is 0. The molecule has 1 rings (SSSR count). The number of halogens is 1. The van der Waals surface area contributed by atoms with Gasteiger partial charge in [0.05, 0.1) is 7.11 Å². The van der Waals surface area contributed by atoms with Crippen molar-refractivity contribution in [3.63, 3.8) is 0 Å². The molecule has 0 aliphatic carbocycles. The van der Waals surface area contributed by atoms with Gasteiger partial charge in [0.1, 0.15) is 4.83 Å². The van der Waals surface area contributed by atoms with E-state index in [2.05, 4.69) is 32.7 Å². The van der Waals surface area contributed by atoms with E-state index in [4.69, 9.17) is 4.74 Å². The summed E-state index contributed by atoms with van der Waals surface area (Å²) in [5, 5.41) is 0. The van der Waals surface area contributed by atoms with Crippen molar-refractivity contribution >= 4 is 21.9 Å². The van der Waals surface area contributed by atoms with E-state index >= 15 is 0 Å². The maximum atomic E-state index is 11.2. The third-order valence-corrected chi connectivity index (χ3v) is 3.54. The normalized spacial score (nSPS) is 20.7. The number of rotatable bonds is 5. The molecule has 0 aromatic carbocycles. The summed E-state index contributed by atoms with van der Waals surface area (Å²) in [6.07, 6.45) is 1.21. The molecule has 1 heterocycles. The smallest absolute Gasteiger partial charge is 0.320 e. The molecule has 0 radical (unpaired) electrons. The summed E-state index contributed by atoms with van der Waals surface area (Å²) in [6.45, 7) is 8.43. The van der Waals surface area contributed by atoms with Crippen molar-refractivity contribution in [1.29, 1.82) is 0 Å². The molecule has 94 valence electrons. The van der Waals surface area contributed by atoms with E-state index in [1.807, 2.05) is 0 Å². The number of hydrogen-bond donors (Lipinski definition) is 0. The lowest BCUT2D eigenvalue weighted by Gasteiger charge is -2.35. The fourth-order valence-electron chi connectivity index (χ4n) is 1.94. The van der Waals surface area contributed by atoms with Gasteiger partial charge < -0.3 is 9.64 Å². The summed E-state index contributed by atoms with van der Waals surface area (Å²) < 4.78 is 4.69. The summed E-state index contributed by atoms with van der Waals surface area (Å²) in [6, 6.07) is 0. The second-order valence-corrected chi connectivity index (χ2v) is 5.24. The summed E-state index contributed by atoms with van der Waals surface area (Å²) >= 11 is 3.36. The molecule has 1 saturated heterocycles. The molecule has 1 atom stereocenters. The largest absolute Gasteiger partial charge is 0.468 e. The molecule has 0 saturated carbocycles. The topological polar surface area (TPSA) is 32.8 Å². The third kappa shape index (κ3) is 4.39. The van der Waals surface area contributed by atoms with Crippen LogP contribution in [0.5, 0.6) is 0 Å². The lowest BCUT2D eigenvalue weighted by molar-refractivity contribution is -0.140. The molecule has 0 N–H and O–H groups in total. The molecule has 0 amide bonds. The van der Waals surface area contributed by atoms with Gasteiger partial charge in [0.25, 0.3) is 0 Å². The predicted molar refractivity (Wildman–Crippen MR) is 67.9 cm³/mol. The Hall–Kier alpha value is -0.130. The van der Waals surface area contributed by atoms with Gasteiger partial charge in [-0.25, -0.2) is 0 Å². The number of nitrogens with zero attached hydrogens (tertiary/aromatic N) is 2. The number of ether oxygens (including phenoxy) is 1. The van der Waals surface area contributed by atoms with E-state index in [9.17, 15) is 4.79 Å². The molecule has 0 bridgehead atoms. The first-order valence-corrected chi connectivity index (χ1v) is 6.75. The minimum Gasteiger partial charge on any atom is -0.468 e. The van der Waals surface area contributed by atoms with Gasteiger partial charge in [-0.15, -0.1) is 0 Å². The van der Waals surface area contributed by atoms with E-state index < -0.39 is 0 Å². The highest BCUT2D eigenvalue weighted by atomic mass is 79.9. The highest BCUT2D eigenvalue weighted by Crippen LogP contribution is 2.08. The number of piperazine rings is 1. The first kappa shape index (κ1) is 13.9. The average molecular weight is 293 g/mol. The van der Waals surface area contributed by atoms with Gasteiger partial charge in [-0.05, 0) is 13.0 Å². The molecule has 1 aliphatic rings. The Morgan fingerprint density at radius 2 is 1.88 bits per heavy atom. The summed E-state index contributed by atoms with van der Waals surface area (Å²) in [4.78, 5) is 15.8. The van der Waals surface area contributed by atoms with Crippen molar-refractivity contribution in [2.45, 2.75) is 18.2 Å². The molecule has 0 aromatic heterocycles. The molecule has 16 heavy (non-hydrogen) atoms. The van der Waals surface area contributed by atoms with Crippen LogP contribution in [0.2, 0.25) is 0 Å². The van der Waals surface area contributed by atoms with Crippen LogP contribution in [0.1, 0.15) is 13.3 Å². The first-order chi connectivity index (χ1) is 7.67. The van der Waals surface area contributed by atoms with E-state index in [0.29, 0.717) is 0 Å². The molecular weight excluding hydrogens is 272 g/mol. The van der Waals surface area contributed by atoms with Gasteiger partial charge in [-0.3, -0.25) is 9.69 Å². The molecular formula is C11H21BrN2O2. The molecule has 1 fully saturated rings. The van der Waals surface area contributed by atoms with E-state index in [0.717, 1.165) is 32.7 Å². The zero-order chi connectivity index (χ0) is 12.0. The highest BCUT2D eigenvalue weighted by molar-refractivity contribution is 9.10. The SMILES string of the molecule is CCCN1CCN(CC(Br)C(=O)OC)CC1. The van der Waals surface area contributed by atoms with Gasteiger partial charge in [0.2, 0.25) is 0 Å². The van der Waals surface area contributed by atoms with E-state index in [1.165, 1.54) is 20.1 Å². The molecule has 0 spiro atoms. The molecule has 4 nitrogen and oxygen atoms in total. The van der Waals surface area contributed by atoms with Crippen LogP contribution in [-0.2, 0) is 9.53 Å². The Labute approximate surface area is 106 Å². The average Bonchev–Trinajstić information content (AvgIpc) is 2.31. The summed E-state index contributed by atoms with van der Waals surface area (Å²) in [5.74, 6) is -0.184. The van der Waals surface area contributed by atoms with Gasteiger partial charge in [0.15, 0.2) is 0 Å². The van der Waals surface area contributed by atoms with Crippen LogP contribution in [-0.4, -0.2) is 67.0 Å². The van der Waals surface area contributed by atoms with Crippen molar-refractivity contribution < 1.29 is 9.53 Å². The minimum atomic E-state index is -0.199. The van der Waals surface area contributed by atoms with E-state index in [-0.39, 0.29) is 10.8 Å². The quantitative estimate of drug-likeness (QED) is 0.558. The maximum absolute atomic E-state index is 11.2. The lowest BCUT2D eigenvalue weighted by atomic mass is 10.2. The van der Waals surface area contributed by atoms with Gasteiger partial charge in [0, 0.05) is 32.7 Å². The van der Waals surface area contributed by atoms with Crippen molar-refractivity contribution in [1.82, 2.24) is 9.80 Å². The zero-order valence-corrected chi connectivity index (χ0v) is 11.7. The minimum absolute atomic E-state index is 0.184. The standard InChI is InChI=1S/C11H21BrN2O2/c1-3-4-13-5-7-14(8-6-13)9-10(12)11(15)16-2/h10H,3-9H2,1-2H3. The van der Waals surface area contributed by atoms with Crippen molar-refractivity contribution in [2.24, 2.45) is 0 Å². The molecule has 1 aliphatic heterocycles. The molecule has 5 heteroatoms. The fraction of sp³-hybridized carbons (Fsp3) is 0.909. The van der Waals surface area contributed by atoms with Gasteiger partial charge in [-0.2, -0.15) is 0 Å². The second-order valence-electron chi connectivity index (χ2n) is 4.13. The van der Waals surface area contributed by atoms with Crippen LogP contribution in [0.4, 0.5) is 0 Å². The number of hydrogen-bond acceptors (Lipinski definition) is 4. The Kier molecular flexibility index (Phi) is 6.31. The Morgan fingerprint density at radius 1 is 1.31 bits per heavy atom. The first-order valence-electron chi connectivity index (χ1n) is 5.84. The van der Waals surface area contributed by atoms with Crippen LogP contribution in [0.3, 0.4) is 0 Å². The van der Waals surface area contributed by atoms with Crippen molar-refractivity contribution in [3.05, 3.63) is 0 Å². The Balaban J connectivity index is 2.24. The lowest BCUT2D eigenvalue weighted by Crippen LogP contribution is -2.48. The number of alkyl halides is 1. The second kappa shape index (κ2) is 7.25. The fourth-order valence-corrected chi connectivity index (χ4v) is 2.54. The summed E-state index contributed by atoms with van der Waals surface area (Å²) in [7, 11) is 1.43. The van der Waals surface area contributed by atoms with Crippen molar-refractivity contribution in [3.8, 4) is 0 Å². The molecule has 1 unspecified atom stereocenters. The van der Waals surface area contributed by atoms with Crippen LogP contribution in [0, 0.1) is 0 Å². The van der Waals surface area contributed by atoms with Crippen LogP contribution < -0.4 is 0 Å². The predicted octanol–water partition coefficient (Wildman–Crippen LogP) is 0.951. The van der Waals surface area contributed by atoms with Crippen molar-refractivity contribution in [2.75, 3.05) is 46.4 Å².